The molecule has 0 aliphatic heterocycles. The van der Waals surface area contributed by atoms with Crippen LogP contribution in [0.2, 0.25) is 0 Å². The van der Waals surface area contributed by atoms with E-state index in [2.05, 4.69) is 20.6 Å². The molecule has 7 nitrogen and oxygen atoms in total. The quantitative estimate of drug-likeness (QED) is 0.304. The number of nitrogens with zero attached hydrogens (tertiary/aromatic N) is 4. The van der Waals surface area contributed by atoms with E-state index in [-0.39, 0.29) is 17.6 Å². The molecule has 5 rings (SSSR count). The first-order chi connectivity index (χ1) is 17.4. The average Bonchev–Trinajstić information content (AvgIpc) is 3.54. The molecule has 0 spiro atoms. The fourth-order valence-electron chi connectivity index (χ4n) is 4.54. The van der Waals surface area contributed by atoms with Crippen LogP contribution in [0.15, 0.2) is 78.4 Å². The van der Waals surface area contributed by atoms with Gasteiger partial charge in [0.25, 0.3) is 0 Å². The number of ether oxygens (including phenoxy) is 1. The molecule has 0 aliphatic carbocycles. The zero-order valence-electron chi connectivity index (χ0n) is 20.0. The molecule has 1 atom stereocenters. The number of carbonyl (C=O) groups excluding carboxylic acids is 1. The molecule has 1 amide bonds. The number of nitrogens with one attached hydrogen (secondary N) is 1. The molecule has 9 heteroatoms. The van der Waals surface area contributed by atoms with Crippen LogP contribution in [0.1, 0.15) is 30.9 Å². The SMILES string of the molecule is COc1cc(F)ccc1-n1ncc2cc([C@H](c3ccccc3)C(C)(C)C(=O)Nc3nncs3)ccc21. The fourth-order valence-corrected chi connectivity index (χ4v) is 4.98. The maximum atomic E-state index is 13.7. The van der Waals surface area contributed by atoms with Crippen LogP contribution in [0.4, 0.5) is 9.52 Å². The van der Waals surface area contributed by atoms with Crippen molar-refractivity contribution in [1.82, 2.24) is 20.0 Å². The minimum Gasteiger partial charge on any atom is -0.494 e. The summed E-state index contributed by atoms with van der Waals surface area (Å²) in [5, 5.41) is 16.6. The van der Waals surface area contributed by atoms with Crippen LogP contribution >= 0.6 is 11.3 Å². The van der Waals surface area contributed by atoms with Crippen LogP contribution in [-0.2, 0) is 4.79 Å². The van der Waals surface area contributed by atoms with Crippen LogP contribution in [0.5, 0.6) is 5.75 Å². The Kier molecular flexibility index (Phi) is 6.24. The zero-order valence-corrected chi connectivity index (χ0v) is 20.8. The number of fused-ring (bicyclic) bond motifs is 1. The Balaban J connectivity index is 1.58. The Morgan fingerprint density at radius 3 is 2.61 bits per heavy atom. The van der Waals surface area contributed by atoms with Gasteiger partial charge in [-0.25, -0.2) is 9.07 Å². The van der Waals surface area contributed by atoms with Crippen molar-refractivity contribution in [2.45, 2.75) is 19.8 Å². The van der Waals surface area contributed by atoms with Crippen molar-refractivity contribution in [1.29, 1.82) is 0 Å². The molecule has 0 saturated carbocycles. The molecule has 0 aliphatic rings. The number of hydrogen-bond donors (Lipinski definition) is 1. The maximum Gasteiger partial charge on any atom is 0.232 e. The third-order valence-electron chi connectivity index (χ3n) is 6.32. The predicted molar refractivity (Wildman–Crippen MR) is 138 cm³/mol. The van der Waals surface area contributed by atoms with Crippen molar-refractivity contribution in [3.8, 4) is 11.4 Å². The number of methoxy groups -OCH3 is 1. The summed E-state index contributed by atoms with van der Waals surface area (Å²) < 4.78 is 20.8. The second-order valence-electron chi connectivity index (χ2n) is 8.95. The van der Waals surface area contributed by atoms with E-state index in [4.69, 9.17) is 4.74 Å². The second kappa shape index (κ2) is 9.50. The van der Waals surface area contributed by atoms with E-state index in [0.29, 0.717) is 16.6 Å². The first kappa shape index (κ1) is 23.6. The van der Waals surface area contributed by atoms with Crippen molar-refractivity contribution in [2.75, 3.05) is 12.4 Å². The lowest BCUT2D eigenvalue weighted by Gasteiger charge is -2.33. The van der Waals surface area contributed by atoms with E-state index >= 15 is 0 Å². The summed E-state index contributed by atoms with van der Waals surface area (Å²) in [4.78, 5) is 13.4. The fraction of sp³-hybridized carbons (Fsp3) is 0.185. The van der Waals surface area contributed by atoms with Crippen molar-refractivity contribution < 1.29 is 13.9 Å². The second-order valence-corrected chi connectivity index (χ2v) is 9.79. The first-order valence-electron chi connectivity index (χ1n) is 11.3. The molecule has 1 N–H and O–H groups in total. The van der Waals surface area contributed by atoms with Gasteiger partial charge in [0, 0.05) is 17.4 Å². The highest BCUT2D eigenvalue weighted by Gasteiger charge is 2.39. The van der Waals surface area contributed by atoms with Crippen molar-refractivity contribution >= 4 is 33.3 Å². The Morgan fingerprint density at radius 2 is 1.89 bits per heavy atom. The van der Waals surface area contributed by atoms with Gasteiger partial charge in [-0.1, -0.05) is 61.6 Å². The van der Waals surface area contributed by atoms with Crippen LogP contribution in [0, 0.1) is 11.2 Å². The summed E-state index contributed by atoms with van der Waals surface area (Å²) in [6, 6.07) is 20.3. The smallest absolute Gasteiger partial charge is 0.232 e. The monoisotopic (exact) mass is 501 g/mol. The van der Waals surface area contributed by atoms with Crippen LogP contribution in [-0.4, -0.2) is 33.0 Å². The highest BCUT2D eigenvalue weighted by Crippen LogP contribution is 2.43. The maximum absolute atomic E-state index is 13.7. The summed E-state index contributed by atoms with van der Waals surface area (Å²) in [6.07, 6.45) is 1.76. The minimum absolute atomic E-state index is 0.153. The molecule has 0 saturated heterocycles. The third kappa shape index (κ3) is 4.33. The number of hydrogen-bond acceptors (Lipinski definition) is 6. The molecule has 3 aromatic carbocycles. The summed E-state index contributed by atoms with van der Waals surface area (Å²) in [7, 11) is 1.50. The van der Waals surface area contributed by atoms with E-state index in [1.807, 2.05) is 62.4 Å². The number of anilines is 1. The Hall–Kier alpha value is -4.11. The summed E-state index contributed by atoms with van der Waals surface area (Å²) in [5.74, 6) is -0.394. The van der Waals surface area contributed by atoms with Crippen LogP contribution in [0.25, 0.3) is 16.6 Å². The Labute approximate surface area is 211 Å². The van der Waals surface area contributed by atoms with E-state index in [1.165, 1.54) is 30.6 Å². The molecule has 2 heterocycles. The number of aromatic nitrogens is 4. The van der Waals surface area contributed by atoms with Gasteiger partial charge in [-0.15, -0.1) is 10.2 Å². The van der Waals surface area contributed by atoms with Gasteiger partial charge in [0.2, 0.25) is 11.0 Å². The number of carbonyl (C=O) groups is 1. The number of halogens is 1. The van der Waals surface area contributed by atoms with Gasteiger partial charge in [-0.05, 0) is 35.4 Å². The molecule has 2 aromatic heterocycles. The van der Waals surface area contributed by atoms with E-state index in [1.54, 1.807) is 22.5 Å². The van der Waals surface area contributed by atoms with Crippen molar-refractivity contribution in [3.63, 3.8) is 0 Å². The lowest BCUT2D eigenvalue weighted by atomic mass is 9.70. The summed E-state index contributed by atoms with van der Waals surface area (Å²) in [6.45, 7) is 3.86. The van der Waals surface area contributed by atoms with Gasteiger partial charge in [-0.2, -0.15) is 5.10 Å². The summed E-state index contributed by atoms with van der Waals surface area (Å²) >= 11 is 1.28. The molecular formula is C27H24FN5O2S. The molecule has 36 heavy (non-hydrogen) atoms. The van der Waals surface area contributed by atoms with E-state index in [0.717, 1.165) is 22.0 Å². The highest BCUT2D eigenvalue weighted by molar-refractivity contribution is 7.13. The predicted octanol–water partition coefficient (Wildman–Crippen LogP) is 5.82. The standard InChI is InChI=1S/C27H24FN5O2S/c1-27(2,25(34)31-26-32-29-16-36-26)24(17-7-5-4-6-8-17)18-9-11-21-19(13-18)15-30-33(21)22-12-10-20(28)14-23(22)35-3/h4-16,24H,1-3H3,(H,31,32,34)/t24-/m0/s1. The Bertz CT molecular complexity index is 1520. The topological polar surface area (TPSA) is 81.9 Å². The van der Waals surface area contributed by atoms with E-state index < -0.39 is 5.41 Å². The largest absolute Gasteiger partial charge is 0.494 e. The molecule has 5 aromatic rings. The minimum atomic E-state index is -0.823. The molecule has 182 valence electrons. The molecule has 0 unspecified atom stereocenters. The van der Waals surface area contributed by atoms with Gasteiger partial charge in [-0.3, -0.25) is 4.79 Å². The molecular weight excluding hydrogens is 477 g/mol. The summed E-state index contributed by atoms with van der Waals surface area (Å²) in [5.41, 5.74) is 4.22. The highest BCUT2D eigenvalue weighted by atomic mass is 32.1. The molecule has 0 radical (unpaired) electrons. The van der Waals surface area contributed by atoms with Gasteiger partial charge in [0.1, 0.15) is 22.8 Å². The first-order valence-corrected chi connectivity index (χ1v) is 12.2. The van der Waals surface area contributed by atoms with Gasteiger partial charge in [0.05, 0.1) is 24.2 Å². The van der Waals surface area contributed by atoms with Crippen molar-refractivity contribution in [3.05, 3.63) is 95.4 Å². The molecule has 0 fully saturated rings. The average molecular weight is 502 g/mol. The molecule has 0 bridgehead atoms. The van der Waals surface area contributed by atoms with Crippen LogP contribution in [0.3, 0.4) is 0 Å². The lowest BCUT2D eigenvalue weighted by molar-refractivity contribution is -0.124. The number of amides is 1. The van der Waals surface area contributed by atoms with E-state index in [9.17, 15) is 9.18 Å². The Morgan fingerprint density at radius 1 is 1.08 bits per heavy atom. The number of benzene rings is 3. The lowest BCUT2D eigenvalue weighted by Crippen LogP contribution is -2.37. The van der Waals surface area contributed by atoms with Gasteiger partial charge >= 0.3 is 0 Å². The van der Waals surface area contributed by atoms with Crippen molar-refractivity contribution in [2.24, 2.45) is 5.41 Å². The zero-order chi connectivity index (χ0) is 25.3. The van der Waals surface area contributed by atoms with Gasteiger partial charge < -0.3 is 10.1 Å². The third-order valence-corrected chi connectivity index (χ3v) is 6.92. The number of rotatable bonds is 7. The van der Waals surface area contributed by atoms with Crippen LogP contribution < -0.4 is 10.1 Å². The van der Waals surface area contributed by atoms with Gasteiger partial charge in [0.15, 0.2) is 0 Å². The normalized spacial score (nSPS) is 12.4.